The molecule has 0 saturated heterocycles. The molecule has 1 heterocycles. The Morgan fingerprint density at radius 3 is 2.42 bits per heavy atom. The number of carbonyl (C=O) groups is 3. The fraction of sp³-hybridized carbons (Fsp3) is 0.227. The molecule has 3 rings (SSSR count). The maximum Gasteiger partial charge on any atom is 0.337 e. The third kappa shape index (κ3) is 4.36. The number of carbonyl (C=O) groups excluding carboxylic acids is 2. The summed E-state index contributed by atoms with van der Waals surface area (Å²) in [7, 11) is 2.73. The van der Waals surface area contributed by atoms with E-state index in [1.54, 1.807) is 36.4 Å². The number of hydrogen-bond acceptors (Lipinski definition) is 7. The van der Waals surface area contributed by atoms with Gasteiger partial charge in [0.2, 0.25) is 0 Å². The van der Waals surface area contributed by atoms with Gasteiger partial charge in [0, 0.05) is 17.8 Å². The SMILES string of the molecule is COC(=O)C1=C(Nc2cccc(C(=O)O)c2-c2ccc(OC)cc2)C(=O)N(CCO)C1. The number of aliphatic hydroxyl groups excluding tert-OH is 1. The van der Waals surface area contributed by atoms with Crippen molar-refractivity contribution in [2.75, 3.05) is 39.2 Å². The number of carboxylic acid groups (broad SMARTS) is 1. The van der Waals surface area contributed by atoms with Crippen LogP contribution in [0.15, 0.2) is 53.7 Å². The van der Waals surface area contributed by atoms with E-state index in [0.29, 0.717) is 22.6 Å². The van der Waals surface area contributed by atoms with Crippen LogP contribution in [0.3, 0.4) is 0 Å². The monoisotopic (exact) mass is 426 g/mol. The van der Waals surface area contributed by atoms with Gasteiger partial charge in [0.05, 0.1) is 38.5 Å². The van der Waals surface area contributed by atoms with Gasteiger partial charge < -0.3 is 29.9 Å². The summed E-state index contributed by atoms with van der Waals surface area (Å²) in [6.07, 6.45) is 0. The van der Waals surface area contributed by atoms with E-state index in [9.17, 15) is 24.6 Å². The van der Waals surface area contributed by atoms with Crippen molar-refractivity contribution >= 4 is 23.5 Å². The van der Waals surface area contributed by atoms with E-state index < -0.39 is 17.8 Å². The van der Waals surface area contributed by atoms with Crippen molar-refractivity contribution < 1.29 is 34.1 Å². The number of rotatable bonds is 8. The highest BCUT2D eigenvalue weighted by Gasteiger charge is 2.35. The molecule has 3 N–H and O–H groups in total. The van der Waals surface area contributed by atoms with Gasteiger partial charge in [-0.05, 0) is 29.8 Å². The molecule has 0 bridgehead atoms. The van der Waals surface area contributed by atoms with Crippen LogP contribution in [-0.4, -0.2) is 66.9 Å². The second kappa shape index (κ2) is 9.31. The van der Waals surface area contributed by atoms with E-state index in [1.165, 1.54) is 25.2 Å². The molecule has 0 radical (unpaired) electrons. The number of aromatic carboxylic acids is 1. The van der Waals surface area contributed by atoms with Crippen molar-refractivity contribution in [2.24, 2.45) is 0 Å². The first-order chi connectivity index (χ1) is 14.9. The Morgan fingerprint density at radius 2 is 1.84 bits per heavy atom. The van der Waals surface area contributed by atoms with E-state index in [-0.39, 0.29) is 36.5 Å². The van der Waals surface area contributed by atoms with Gasteiger partial charge in [-0.25, -0.2) is 9.59 Å². The van der Waals surface area contributed by atoms with Crippen LogP contribution >= 0.6 is 0 Å². The molecule has 0 aromatic heterocycles. The predicted octanol–water partition coefficient (Wildman–Crippen LogP) is 1.73. The summed E-state index contributed by atoms with van der Waals surface area (Å²) in [6, 6.07) is 11.4. The third-order valence-electron chi connectivity index (χ3n) is 4.89. The summed E-state index contributed by atoms with van der Waals surface area (Å²) in [5.41, 5.74) is 1.37. The first kappa shape index (κ1) is 21.8. The molecule has 0 fully saturated rings. The number of ether oxygens (including phenoxy) is 2. The van der Waals surface area contributed by atoms with Gasteiger partial charge in [-0.15, -0.1) is 0 Å². The van der Waals surface area contributed by atoms with Crippen molar-refractivity contribution in [2.45, 2.75) is 0 Å². The Bertz CT molecular complexity index is 1040. The summed E-state index contributed by atoms with van der Waals surface area (Å²) in [4.78, 5) is 38.3. The van der Waals surface area contributed by atoms with Crippen molar-refractivity contribution in [3.8, 4) is 16.9 Å². The van der Waals surface area contributed by atoms with Crippen LogP contribution < -0.4 is 10.1 Å². The largest absolute Gasteiger partial charge is 0.497 e. The lowest BCUT2D eigenvalue weighted by Gasteiger charge is -2.17. The van der Waals surface area contributed by atoms with Crippen LogP contribution in [-0.2, 0) is 14.3 Å². The third-order valence-corrected chi connectivity index (χ3v) is 4.89. The van der Waals surface area contributed by atoms with Gasteiger partial charge >= 0.3 is 11.9 Å². The van der Waals surface area contributed by atoms with Crippen molar-refractivity contribution in [1.82, 2.24) is 4.90 Å². The van der Waals surface area contributed by atoms with Crippen LogP contribution in [0.2, 0.25) is 0 Å². The Labute approximate surface area is 178 Å². The van der Waals surface area contributed by atoms with Gasteiger partial charge in [-0.2, -0.15) is 0 Å². The number of carboxylic acids is 1. The smallest absolute Gasteiger partial charge is 0.337 e. The highest BCUT2D eigenvalue weighted by Crippen LogP contribution is 2.35. The number of β-amino-alcohol motifs (C(OH)–C–C–N with tert-alkyl or cyclic N) is 1. The van der Waals surface area contributed by atoms with Crippen molar-refractivity contribution in [3.05, 3.63) is 59.3 Å². The number of esters is 1. The standard InChI is InChI=1S/C22H22N2O7/c1-30-14-8-6-13(7-9-14)18-15(21(27)28)4-3-5-17(18)23-19-16(22(29)31-2)12-24(10-11-25)20(19)26/h3-9,23,25H,10-12H2,1-2H3,(H,27,28). The minimum atomic E-state index is -1.14. The summed E-state index contributed by atoms with van der Waals surface area (Å²) < 4.78 is 9.95. The normalized spacial score (nSPS) is 13.4. The lowest BCUT2D eigenvalue weighted by molar-refractivity contribution is -0.136. The second-order valence-electron chi connectivity index (χ2n) is 6.68. The van der Waals surface area contributed by atoms with Crippen LogP contribution in [0.5, 0.6) is 5.75 Å². The summed E-state index contributed by atoms with van der Waals surface area (Å²) in [5.74, 6) is -1.71. The summed E-state index contributed by atoms with van der Waals surface area (Å²) >= 11 is 0. The number of nitrogens with one attached hydrogen (secondary N) is 1. The molecule has 2 aromatic carbocycles. The quantitative estimate of drug-likeness (QED) is 0.545. The van der Waals surface area contributed by atoms with Crippen LogP contribution in [0, 0.1) is 0 Å². The molecular weight excluding hydrogens is 404 g/mol. The predicted molar refractivity (Wildman–Crippen MR) is 112 cm³/mol. The Kier molecular flexibility index (Phi) is 6.56. The van der Waals surface area contributed by atoms with Crippen LogP contribution in [0.1, 0.15) is 10.4 Å². The Hall–Kier alpha value is -3.85. The zero-order valence-electron chi connectivity index (χ0n) is 17.0. The average Bonchev–Trinajstić information content (AvgIpc) is 3.08. The second-order valence-corrected chi connectivity index (χ2v) is 6.68. The molecule has 0 spiro atoms. The fourth-order valence-electron chi connectivity index (χ4n) is 3.39. The first-order valence-corrected chi connectivity index (χ1v) is 9.40. The number of benzene rings is 2. The molecule has 9 nitrogen and oxygen atoms in total. The molecule has 0 unspecified atom stereocenters. The van der Waals surface area contributed by atoms with E-state index >= 15 is 0 Å². The Balaban J connectivity index is 2.11. The molecule has 162 valence electrons. The maximum atomic E-state index is 12.8. The molecule has 1 aliphatic rings. The number of nitrogens with zero attached hydrogens (tertiary/aromatic N) is 1. The molecule has 1 amide bonds. The minimum absolute atomic E-state index is 0.0161. The molecule has 1 aliphatic heterocycles. The van der Waals surface area contributed by atoms with Gasteiger partial charge in [0.1, 0.15) is 11.4 Å². The highest BCUT2D eigenvalue weighted by atomic mass is 16.5. The van der Waals surface area contributed by atoms with Gasteiger partial charge in [0.15, 0.2) is 0 Å². The molecule has 0 atom stereocenters. The lowest BCUT2D eigenvalue weighted by atomic mass is 9.97. The number of methoxy groups -OCH3 is 2. The zero-order chi connectivity index (χ0) is 22.5. The van der Waals surface area contributed by atoms with Crippen molar-refractivity contribution in [3.63, 3.8) is 0 Å². The molecule has 0 aliphatic carbocycles. The molecule has 9 heteroatoms. The maximum absolute atomic E-state index is 12.8. The zero-order valence-corrected chi connectivity index (χ0v) is 17.0. The van der Waals surface area contributed by atoms with E-state index in [4.69, 9.17) is 9.47 Å². The number of anilines is 1. The topological polar surface area (TPSA) is 125 Å². The van der Waals surface area contributed by atoms with Gasteiger partial charge in [-0.3, -0.25) is 4.79 Å². The molecule has 31 heavy (non-hydrogen) atoms. The van der Waals surface area contributed by atoms with Gasteiger partial charge in [0.25, 0.3) is 5.91 Å². The van der Waals surface area contributed by atoms with Gasteiger partial charge in [-0.1, -0.05) is 18.2 Å². The molecular formula is C22H22N2O7. The molecule has 0 saturated carbocycles. The molecule has 2 aromatic rings. The van der Waals surface area contributed by atoms with Crippen LogP contribution in [0.25, 0.3) is 11.1 Å². The minimum Gasteiger partial charge on any atom is -0.497 e. The summed E-state index contributed by atoms with van der Waals surface area (Å²) in [5, 5.41) is 21.9. The number of aliphatic hydroxyl groups is 1. The average molecular weight is 426 g/mol. The highest BCUT2D eigenvalue weighted by molar-refractivity contribution is 6.10. The number of hydrogen-bond donors (Lipinski definition) is 3. The van der Waals surface area contributed by atoms with E-state index in [0.717, 1.165) is 0 Å². The Morgan fingerprint density at radius 1 is 1.13 bits per heavy atom. The first-order valence-electron chi connectivity index (χ1n) is 9.40. The van der Waals surface area contributed by atoms with E-state index in [2.05, 4.69) is 5.32 Å². The van der Waals surface area contributed by atoms with Crippen LogP contribution in [0.4, 0.5) is 5.69 Å². The summed E-state index contributed by atoms with van der Waals surface area (Å²) in [6.45, 7) is -0.241. The number of amides is 1. The van der Waals surface area contributed by atoms with Crippen molar-refractivity contribution in [1.29, 1.82) is 0 Å². The fourth-order valence-corrected chi connectivity index (χ4v) is 3.39. The lowest BCUT2D eigenvalue weighted by Crippen LogP contribution is -2.31. The van der Waals surface area contributed by atoms with E-state index in [1.807, 2.05) is 0 Å².